The van der Waals surface area contributed by atoms with Crippen LogP contribution in [-0.4, -0.2) is 87.6 Å². The molecule has 0 aliphatic carbocycles. The smallest absolute Gasteiger partial charge is 0.111 e. The summed E-state index contributed by atoms with van der Waals surface area (Å²) >= 11 is 0. The van der Waals surface area contributed by atoms with E-state index >= 15 is 0 Å². The third-order valence-corrected chi connectivity index (χ3v) is 3.46. The van der Waals surface area contributed by atoms with Crippen LogP contribution in [0.25, 0.3) is 0 Å². The quantitative estimate of drug-likeness (QED) is 0.330. The first kappa shape index (κ1) is 19.7. The van der Waals surface area contributed by atoms with Crippen LogP contribution in [0.4, 0.5) is 0 Å². The highest BCUT2D eigenvalue weighted by atomic mass is 16.4. The number of likely N-dealkylation sites (tertiary alicyclic amines) is 1. The molecule has 1 fully saturated rings. The van der Waals surface area contributed by atoms with Gasteiger partial charge in [-0.1, -0.05) is 13.3 Å². The normalized spacial score (nSPS) is 22.4. The summed E-state index contributed by atoms with van der Waals surface area (Å²) in [6.45, 7) is 5.27. The van der Waals surface area contributed by atoms with E-state index in [0.717, 1.165) is 0 Å². The Morgan fingerprint density at radius 1 is 0.950 bits per heavy atom. The summed E-state index contributed by atoms with van der Waals surface area (Å²) in [7, 11) is 0. The average Bonchev–Trinajstić information content (AvgIpc) is 2.53. The number of piperidine rings is 1. The van der Waals surface area contributed by atoms with Crippen LogP contribution in [0, 0.1) is 0 Å². The highest BCUT2D eigenvalue weighted by molar-refractivity contribution is 4.80. The lowest BCUT2D eigenvalue weighted by atomic mass is 10.0. The summed E-state index contributed by atoms with van der Waals surface area (Å²) in [6.07, 6.45) is -1.61. The summed E-state index contributed by atoms with van der Waals surface area (Å²) in [5, 5.41) is 44.2. The predicted molar refractivity (Wildman–Crippen MR) is 76.1 cm³/mol. The second-order valence-corrected chi connectivity index (χ2v) is 5.03. The molecular weight excluding hydrogens is 264 g/mol. The van der Waals surface area contributed by atoms with Crippen molar-refractivity contribution < 1.29 is 25.5 Å². The maximum Gasteiger partial charge on any atom is 0.111 e. The molecular formula is C13H30N2O5. The topological polar surface area (TPSA) is 130 Å². The summed E-state index contributed by atoms with van der Waals surface area (Å²) in [5.41, 5.74) is 4.99. The highest BCUT2D eigenvalue weighted by Crippen LogP contribution is 2.06. The van der Waals surface area contributed by atoms with Crippen molar-refractivity contribution in [2.45, 2.75) is 50.6 Å². The van der Waals surface area contributed by atoms with Crippen molar-refractivity contribution in [3.8, 4) is 0 Å². The third-order valence-electron chi connectivity index (χ3n) is 3.46. The number of hydrogen-bond donors (Lipinski definition) is 6. The maximum absolute atomic E-state index is 9.04. The molecule has 0 saturated carbocycles. The van der Waals surface area contributed by atoms with Gasteiger partial charge in [-0.2, -0.15) is 0 Å². The Bertz CT molecular complexity index is 213. The van der Waals surface area contributed by atoms with E-state index in [1.165, 1.54) is 38.9 Å². The summed E-state index contributed by atoms with van der Waals surface area (Å²) in [6, 6.07) is 0. The minimum Gasteiger partial charge on any atom is -0.394 e. The Morgan fingerprint density at radius 3 is 1.80 bits per heavy atom. The Labute approximate surface area is 120 Å². The molecule has 0 bridgehead atoms. The van der Waals surface area contributed by atoms with Crippen LogP contribution >= 0.6 is 0 Å². The zero-order chi connectivity index (χ0) is 15.5. The van der Waals surface area contributed by atoms with Gasteiger partial charge in [-0.3, -0.25) is 0 Å². The van der Waals surface area contributed by atoms with E-state index in [2.05, 4.69) is 11.8 Å². The lowest BCUT2D eigenvalue weighted by Gasteiger charge is -2.24. The van der Waals surface area contributed by atoms with E-state index in [1.54, 1.807) is 0 Å². The van der Waals surface area contributed by atoms with E-state index in [1.807, 2.05) is 0 Å². The molecule has 0 amide bonds. The van der Waals surface area contributed by atoms with Crippen LogP contribution in [0.3, 0.4) is 0 Å². The van der Waals surface area contributed by atoms with Gasteiger partial charge in [0.1, 0.15) is 18.3 Å². The number of aliphatic hydroxyl groups is 5. The van der Waals surface area contributed by atoms with Crippen molar-refractivity contribution in [3.05, 3.63) is 0 Å². The van der Waals surface area contributed by atoms with Crippen molar-refractivity contribution in [1.82, 2.24) is 4.90 Å². The van der Waals surface area contributed by atoms with Gasteiger partial charge in [0.15, 0.2) is 0 Å². The first-order chi connectivity index (χ1) is 9.47. The van der Waals surface area contributed by atoms with Crippen LogP contribution in [0.5, 0.6) is 0 Å². The van der Waals surface area contributed by atoms with Crippen LogP contribution in [0.2, 0.25) is 0 Å². The van der Waals surface area contributed by atoms with Crippen molar-refractivity contribution in [2.24, 2.45) is 5.73 Å². The predicted octanol–water partition coefficient (Wildman–Crippen LogP) is -2.13. The number of aliphatic hydroxyl groups excluding tert-OH is 5. The standard InChI is InChI=1S/C7H15N.C6H15NO5/c1-2-8-6-4-3-5-7-8;7-1-3(9)5(11)6(12)4(10)2-8/h2-7H2,1H3;3-6,8-12H,1-2,7H2. The molecule has 1 saturated heterocycles. The van der Waals surface area contributed by atoms with Gasteiger partial charge in [0.05, 0.1) is 12.7 Å². The van der Waals surface area contributed by atoms with E-state index in [4.69, 9.17) is 31.3 Å². The molecule has 0 aromatic heterocycles. The van der Waals surface area contributed by atoms with Gasteiger partial charge in [-0.15, -0.1) is 0 Å². The molecule has 7 nitrogen and oxygen atoms in total. The molecule has 7 N–H and O–H groups in total. The Morgan fingerprint density at radius 2 is 1.45 bits per heavy atom. The lowest BCUT2D eigenvalue weighted by molar-refractivity contribution is -0.112. The number of hydrogen-bond acceptors (Lipinski definition) is 7. The van der Waals surface area contributed by atoms with Gasteiger partial charge >= 0.3 is 0 Å². The molecule has 1 aliphatic heterocycles. The number of nitrogens with two attached hydrogens (primary N) is 1. The largest absolute Gasteiger partial charge is 0.394 e. The van der Waals surface area contributed by atoms with Gasteiger partial charge in [0.2, 0.25) is 0 Å². The molecule has 1 aliphatic rings. The van der Waals surface area contributed by atoms with Crippen LogP contribution in [0.15, 0.2) is 0 Å². The summed E-state index contributed by atoms with van der Waals surface area (Å²) in [5.74, 6) is 0. The van der Waals surface area contributed by atoms with Gasteiger partial charge in [0.25, 0.3) is 0 Å². The second kappa shape index (κ2) is 11.4. The molecule has 20 heavy (non-hydrogen) atoms. The lowest BCUT2D eigenvalue weighted by Crippen LogP contribution is -2.48. The monoisotopic (exact) mass is 294 g/mol. The van der Waals surface area contributed by atoms with Crippen LogP contribution < -0.4 is 5.73 Å². The Hall–Kier alpha value is -0.280. The van der Waals surface area contributed by atoms with Gasteiger partial charge < -0.3 is 36.2 Å². The minimum atomic E-state index is -1.59. The third kappa shape index (κ3) is 7.49. The molecule has 1 rings (SSSR count). The maximum atomic E-state index is 9.04. The first-order valence-corrected chi connectivity index (χ1v) is 7.23. The van der Waals surface area contributed by atoms with E-state index in [9.17, 15) is 0 Å². The van der Waals surface area contributed by atoms with Crippen molar-refractivity contribution in [2.75, 3.05) is 32.8 Å². The Balaban J connectivity index is 0.000000388. The van der Waals surface area contributed by atoms with Gasteiger partial charge in [-0.05, 0) is 32.5 Å². The van der Waals surface area contributed by atoms with Crippen molar-refractivity contribution in [3.63, 3.8) is 0 Å². The summed E-state index contributed by atoms with van der Waals surface area (Å²) in [4.78, 5) is 2.52. The van der Waals surface area contributed by atoms with Crippen LogP contribution in [0.1, 0.15) is 26.2 Å². The number of nitrogens with zero attached hydrogens (tertiary/aromatic N) is 1. The minimum absolute atomic E-state index is 0.226. The Kier molecular flexibility index (Phi) is 11.2. The fraction of sp³-hybridized carbons (Fsp3) is 1.00. The SMILES string of the molecule is CCN1CCCCC1.NCC(O)C(O)C(O)C(O)CO. The molecule has 4 atom stereocenters. The fourth-order valence-corrected chi connectivity index (χ4v) is 1.98. The molecule has 0 radical (unpaired) electrons. The van der Waals surface area contributed by atoms with Gasteiger partial charge in [0, 0.05) is 6.54 Å². The molecule has 0 spiro atoms. The average molecular weight is 294 g/mol. The second-order valence-electron chi connectivity index (χ2n) is 5.03. The van der Waals surface area contributed by atoms with E-state index < -0.39 is 31.0 Å². The van der Waals surface area contributed by atoms with E-state index in [-0.39, 0.29) is 6.54 Å². The number of rotatable bonds is 6. The first-order valence-electron chi connectivity index (χ1n) is 7.23. The zero-order valence-electron chi connectivity index (χ0n) is 12.2. The van der Waals surface area contributed by atoms with Gasteiger partial charge in [-0.25, -0.2) is 0 Å². The van der Waals surface area contributed by atoms with Crippen molar-refractivity contribution >= 4 is 0 Å². The molecule has 0 aromatic carbocycles. The zero-order valence-corrected chi connectivity index (χ0v) is 12.2. The molecule has 1 heterocycles. The fourth-order valence-electron chi connectivity index (χ4n) is 1.98. The summed E-state index contributed by atoms with van der Waals surface area (Å²) < 4.78 is 0. The molecule has 0 aromatic rings. The van der Waals surface area contributed by atoms with Crippen molar-refractivity contribution in [1.29, 1.82) is 0 Å². The molecule has 4 unspecified atom stereocenters. The molecule has 122 valence electrons. The van der Waals surface area contributed by atoms with E-state index in [0.29, 0.717) is 0 Å². The molecule has 7 heteroatoms. The van der Waals surface area contributed by atoms with Crippen LogP contribution in [-0.2, 0) is 0 Å². The highest BCUT2D eigenvalue weighted by Gasteiger charge is 2.28.